The molecule has 2 nitrogen and oxygen atoms in total. The highest BCUT2D eigenvalue weighted by atomic mass is 35.5. The normalized spacial score (nSPS) is 16.8. The van der Waals surface area contributed by atoms with Crippen LogP contribution in [-0.2, 0) is 0 Å². The van der Waals surface area contributed by atoms with Gasteiger partial charge in [0.1, 0.15) is 0 Å². The molecule has 1 atom stereocenters. The number of anilines is 1. The molecule has 1 unspecified atom stereocenters. The van der Waals surface area contributed by atoms with E-state index in [1.165, 1.54) is 11.1 Å². The maximum atomic E-state index is 6.41. The lowest BCUT2D eigenvalue weighted by atomic mass is 9.97. The van der Waals surface area contributed by atoms with Crippen LogP contribution in [-0.4, -0.2) is 5.71 Å². The Morgan fingerprint density at radius 2 is 1.56 bits per heavy atom. The summed E-state index contributed by atoms with van der Waals surface area (Å²) >= 11 is 6.41. The van der Waals surface area contributed by atoms with Gasteiger partial charge in [0.15, 0.2) is 0 Å². The molecule has 1 aliphatic heterocycles. The molecule has 0 saturated heterocycles. The third-order valence-electron chi connectivity index (χ3n) is 4.58. The van der Waals surface area contributed by atoms with E-state index in [0.29, 0.717) is 0 Å². The molecule has 0 aromatic heterocycles. The molecule has 124 valence electrons. The van der Waals surface area contributed by atoms with E-state index in [-0.39, 0.29) is 6.04 Å². The smallest absolute Gasteiger partial charge is 0.0831 e. The Labute approximate surface area is 153 Å². The lowest BCUT2D eigenvalue weighted by molar-refractivity contribution is 0.709. The van der Waals surface area contributed by atoms with Gasteiger partial charge >= 0.3 is 0 Å². The molecule has 3 aromatic rings. The second-order valence-electron chi connectivity index (χ2n) is 6.34. The fourth-order valence-corrected chi connectivity index (χ4v) is 3.48. The van der Waals surface area contributed by atoms with Crippen molar-refractivity contribution in [1.29, 1.82) is 0 Å². The first-order valence-corrected chi connectivity index (χ1v) is 8.83. The minimum Gasteiger partial charge on any atom is -0.257 e. The van der Waals surface area contributed by atoms with Crippen LogP contribution in [0.5, 0.6) is 0 Å². The van der Waals surface area contributed by atoms with Crippen molar-refractivity contribution in [3.8, 4) is 0 Å². The predicted octanol–water partition coefficient (Wildman–Crippen LogP) is 6.00. The average molecular weight is 347 g/mol. The van der Waals surface area contributed by atoms with Crippen LogP contribution in [0.3, 0.4) is 0 Å². The largest absolute Gasteiger partial charge is 0.257 e. The summed E-state index contributed by atoms with van der Waals surface area (Å²) < 4.78 is 0. The van der Waals surface area contributed by atoms with Gasteiger partial charge in [-0.2, -0.15) is 5.10 Å². The maximum Gasteiger partial charge on any atom is 0.0831 e. The monoisotopic (exact) mass is 346 g/mol. The number of rotatable bonds is 3. The third kappa shape index (κ3) is 3.18. The van der Waals surface area contributed by atoms with Crippen molar-refractivity contribution in [2.24, 2.45) is 5.10 Å². The molecule has 1 heterocycles. The summed E-state index contributed by atoms with van der Waals surface area (Å²) in [4.78, 5) is 0. The molecule has 0 radical (unpaired) electrons. The number of hydrogen-bond acceptors (Lipinski definition) is 2. The summed E-state index contributed by atoms with van der Waals surface area (Å²) in [6, 6.07) is 27.1. The number of hydrogen-bond donors (Lipinski definition) is 0. The molecule has 3 aromatic carbocycles. The SMILES string of the molecule is Cc1ccc(C2CC(c3ccccc3Cl)=NN2c2ccccc2)cc1. The number of nitrogens with zero attached hydrogens (tertiary/aromatic N) is 2. The average Bonchev–Trinajstić information content (AvgIpc) is 3.08. The second kappa shape index (κ2) is 6.73. The van der Waals surface area contributed by atoms with Crippen molar-refractivity contribution in [2.45, 2.75) is 19.4 Å². The summed E-state index contributed by atoms with van der Waals surface area (Å²) in [6.07, 6.45) is 0.835. The molecule has 0 amide bonds. The van der Waals surface area contributed by atoms with E-state index in [1.54, 1.807) is 0 Å². The van der Waals surface area contributed by atoms with Crippen molar-refractivity contribution < 1.29 is 0 Å². The predicted molar refractivity (Wildman–Crippen MR) is 105 cm³/mol. The highest BCUT2D eigenvalue weighted by Crippen LogP contribution is 2.37. The quantitative estimate of drug-likeness (QED) is 0.567. The van der Waals surface area contributed by atoms with Crippen LogP contribution in [0.1, 0.15) is 29.2 Å². The number of aryl methyl sites for hydroxylation is 1. The number of benzene rings is 3. The molecule has 0 spiro atoms. The third-order valence-corrected chi connectivity index (χ3v) is 4.91. The zero-order valence-corrected chi connectivity index (χ0v) is 14.8. The molecule has 0 N–H and O–H groups in total. The van der Waals surface area contributed by atoms with Gasteiger partial charge in [-0.05, 0) is 30.7 Å². The van der Waals surface area contributed by atoms with Crippen LogP contribution in [0.4, 0.5) is 5.69 Å². The van der Waals surface area contributed by atoms with Gasteiger partial charge in [0.25, 0.3) is 0 Å². The number of halogens is 1. The first-order valence-electron chi connectivity index (χ1n) is 8.45. The molecule has 1 aliphatic rings. The minimum absolute atomic E-state index is 0.175. The second-order valence-corrected chi connectivity index (χ2v) is 6.74. The summed E-state index contributed by atoms with van der Waals surface area (Å²) in [5.74, 6) is 0. The van der Waals surface area contributed by atoms with Crippen LogP contribution >= 0.6 is 11.6 Å². The van der Waals surface area contributed by atoms with E-state index in [4.69, 9.17) is 16.7 Å². The Bertz CT molecular complexity index is 901. The van der Waals surface area contributed by atoms with Gasteiger partial charge in [-0.1, -0.05) is 77.8 Å². The molecule has 0 bridgehead atoms. The number of para-hydroxylation sites is 1. The van der Waals surface area contributed by atoms with Crippen LogP contribution < -0.4 is 5.01 Å². The van der Waals surface area contributed by atoms with Gasteiger partial charge in [0, 0.05) is 17.0 Å². The van der Waals surface area contributed by atoms with Crippen LogP contribution in [0.15, 0.2) is 84.0 Å². The molecule has 0 aliphatic carbocycles. The summed E-state index contributed by atoms with van der Waals surface area (Å²) in [5, 5.41) is 7.80. The maximum absolute atomic E-state index is 6.41. The van der Waals surface area contributed by atoms with Gasteiger partial charge in [-0.25, -0.2) is 0 Å². The van der Waals surface area contributed by atoms with Crippen molar-refractivity contribution in [1.82, 2.24) is 0 Å². The first kappa shape index (κ1) is 15.9. The lowest BCUT2D eigenvalue weighted by Crippen LogP contribution is -2.18. The van der Waals surface area contributed by atoms with E-state index in [0.717, 1.165) is 28.4 Å². The van der Waals surface area contributed by atoms with Crippen molar-refractivity contribution >= 4 is 23.0 Å². The lowest BCUT2D eigenvalue weighted by Gasteiger charge is -2.24. The van der Waals surface area contributed by atoms with Gasteiger partial charge < -0.3 is 0 Å². The molecule has 0 saturated carbocycles. The van der Waals surface area contributed by atoms with E-state index in [2.05, 4.69) is 48.3 Å². The van der Waals surface area contributed by atoms with Crippen LogP contribution in [0, 0.1) is 6.92 Å². The number of hydrazone groups is 1. The Hall–Kier alpha value is -2.58. The summed E-state index contributed by atoms with van der Waals surface area (Å²) in [7, 11) is 0. The van der Waals surface area contributed by atoms with Crippen LogP contribution in [0.2, 0.25) is 5.02 Å². The van der Waals surface area contributed by atoms with Gasteiger partial charge in [0.05, 0.1) is 17.4 Å². The minimum atomic E-state index is 0.175. The van der Waals surface area contributed by atoms with Crippen LogP contribution in [0.25, 0.3) is 0 Å². The Morgan fingerprint density at radius 3 is 2.28 bits per heavy atom. The standard InChI is InChI=1S/C22H19ClN2/c1-16-11-13-17(14-12-16)22-15-21(19-9-5-6-10-20(19)23)24-25(22)18-7-3-2-4-8-18/h2-14,22H,15H2,1H3. The molecule has 25 heavy (non-hydrogen) atoms. The molecule has 3 heteroatoms. The van der Waals surface area contributed by atoms with Crippen molar-refractivity contribution in [3.63, 3.8) is 0 Å². The Balaban J connectivity index is 1.77. The molecular formula is C22H19ClN2. The van der Waals surface area contributed by atoms with Gasteiger partial charge in [0.2, 0.25) is 0 Å². The fraction of sp³-hybridized carbons (Fsp3) is 0.136. The van der Waals surface area contributed by atoms with Crippen molar-refractivity contribution in [2.75, 3.05) is 5.01 Å². The van der Waals surface area contributed by atoms with Gasteiger partial charge in [-0.15, -0.1) is 0 Å². The summed E-state index contributed by atoms with van der Waals surface area (Å²) in [6.45, 7) is 2.11. The zero-order chi connectivity index (χ0) is 17.2. The first-order chi connectivity index (χ1) is 12.2. The molecule has 0 fully saturated rings. The Morgan fingerprint density at radius 1 is 0.880 bits per heavy atom. The fourth-order valence-electron chi connectivity index (χ4n) is 3.24. The van der Waals surface area contributed by atoms with Crippen molar-refractivity contribution in [3.05, 3.63) is 101 Å². The van der Waals surface area contributed by atoms with E-state index < -0.39 is 0 Å². The van der Waals surface area contributed by atoms with E-state index >= 15 is 0 Å². The van der Waals surface area contributed by atoms with E-state index in [1.807, 2.05) is 42.5 Å². The molecular weight excluding hydrogens is 328 g/mol. The Kier molecular flexibility index (Phi) is 4.29. The zero-order valence-electron chi connectivity index (χ0n) is 14.1. The van der Waals surface area contributed by atoms with E-state index in [9.17, 15) is 0 Å². The highest BCUT2D eigenvalue weighted by molar-refractivity contribution is 6.34. The topological polar surface area (TPSA) is 15.6 Å². The van der Waals surface area contributed by atoms with Gasteiger partial charge in [-0.3, -0.25) is 5.01 Å². The summed E-state index contributed by atoms with van der Waals surface area (Å²) in [5.41, 5.74) is 5.66. The molecule has 4 rings (SSSR count). The highest BCUT2D eigenvalue weighted by Gasteiger charge is 2.30.